The average molecular weight is 448 g/mol. The highest BCUT2D eigenvalue weighted by Crippen LogP contribution is 2.28. The maximum Gasteiger partial charge on any atom is 0.359 e. The second-order valence-corrected chi connectivity index (χ2v) is 8.36. The van der Waals surface area contributed by atoms with Crippen LogP contribution in [0, 0.1) is 0 Å². The molecular formula is C26H29N3O4. The van der Waals surface area contributed by atoms with Crippen molar-refractivity contribution in [2.45, 2.75) is 39.7 Å². The first kappa shape index (κ1) is 22.6. The zero-order valence-electron chi connectivity index (χ0n) is 19.5. The van der Waals surface area contributed by atoms with Crippen LogP contribution in [-0.2, 0) is 17.7 Å². The van der Waals surface area contributed by atoms with Crippen molar-refractivity contribution in [3.8, 4) is 11.4 Å². The number of nitrogens with zero attached hydrogens (tertiary/aromatic N) is 3. The SMILES string of the molecule is CCOC(=O)c1nn(-c2ccc(OC)cc2)c2c1CN(C(=O)c1ccc(C(C)C)cc1)CC2. The molecule has 0 saturated carbocycles. The number of rotatable bonds is 6. The molecule has 0 saturated heterocycles. The van der Waals surface area contributed by atoms with Gasteiger partial charge in [0.2, 0.25) is 0 Å². The summed E-state index contributed by atoms with van der Waals surface area (Å²) in [4.78, 5) is 27.7. The molecule has 0 atom stereocenters. The van der Waals surface area contributed by atoms with Gasteiger partial charge < -0.3 is 14.4 Å². The van der Waals surface area contributed by atoms with Crippen LogP contribution in [0.3, 0.4) is 0 Å². The van der Waals surface area contributed by atoms with Gasteiger partial charge in [-0.05, 0) is 54.8 Å². The molecule has 1 aliphatic rings. The number of amides is 1. The Bertz CT molecular complexity index is 1150. The van der Waals surface area contributed by atoms with Gasteiger partial charge in [0.05, 0.1) is 31.6 Å². The van der Waals surface area contributed by atoms with E-state index < -0.39 is 5.97 Å². The summed E-state index contributed by atoms with van der Waals surface area (Å²) in [5.74, 6) is 0.618. The van der Waals surface area contributed by atoms with Crippen molar-refractivity contribution in [2.24, 2.45) is 0 Å². The van der Waals surface area contributed by atoms with Gasteiger partial charge in [-0.3, -0.25) is 4.79 Å². The average Bonchev–Trinajstić information content (AvgIpc) is 3.23. The Morgan fingerprint density at radius 1 is 1.06 bits per heavy atom. The van der Waals surface area contributed by atoms with Crippen molar-refractivity contribution >= 4 is 11.9 Å². The van der Waals surface area contributed by atoms with Crippen molar-refractivity contribution in [2.75, 3.05) is 20.3 Å². The van der Waals surface area contributed by atoms with Crippen molar-refractivity contribution in [3.63, 3.8) is 0 Å². The summed E-state index contributed by atoms with van der Waals surface area (Å²) in [5, 5.41) is 4.60. The number of esters is 1. The molecule has 0 unspecified atom stereocenters. The molecule has 0 aliphatic carbocycles. The number of ether oxygens (including phenoxy) is 2. The second kappa shape index (κ2) is 9.48. The Morgan fingerprint density at radius 2 is 1.76 bits per heavy atom. The molecular weight excluding hydrogens is 418 g/mol. The molecule has 172 valence electrons. The highest BCUT2D eigenvalue weighted by Gasteiger charge is 2.31. The van der Waals surface area contributed by atoms with Gasteiger partial charge in [0.25, 0.3) is 5.91 Å². The highest BCUT2D eigenvalue weighted by atomic mass is 16.5. The fourth-order valence-electron chi connectivity index (χ4n) is 4.09. The predicted molar refractivity (Wildman–Crippen MR) is 125 cm³/mol. The first-order valence-corrected chi connectivity index (χ1v) is 11.2. The van der Waals surface area contributed by atoms with E-state index >= 15 is 0 Å². The van der Waals surface area contributed by atoms with E-state index in [4.69, 9.17) is 9.47 Å². The molecule has 2 heterocycles. The van der Waals surface area contributed by atoms with E-state index in [-0.39, 0.29) is 18.2 Å². The molecule has 1 amide bonds. The third-order valence-corrected chi connectivity index (χ3v) is 5.95. The number of carbonyl (C=O) groups is 2. The Morgan fingerprint density at radius 3 is 2.36 bits per heavy atom. The zero-order chi connectivity index (χ0) is 23.5. The minimum absolute atomic E-state index is 0.0528. The van der Waals surface area contributed by atoms with Crippen LogP contribution in [0.1, 0.15) is 64.4 Å². The lowest BCUT2D eigenvalue weighted by Gasteiger charge is -2.28. The molecule has 3 aromatic rings. The van der Waals surface area contributed by atoms with Crippen LogP contribution in [0.25, 0.3) is 5.69 Å². The van der Waals surface area contributed by atoms with Crippen LogP contribution >= 0.6 is 0 Å². The molecule has 0 bridgehead atoms. The van der Waals surface area contributed by atoms with Crippen LogP contribution in [0.4, 0.5) is 0 Å². The van der Waals surface area contributed by atoms with Gasteiger partial charge in [0.1, 0.15) is 5.75 Å². The van der Waals surface area contributed by atoms with Crippen molar-refractivity contribution in [1.82, 2.24) is 14.7 Å². The second-order valence-electron chi connectivity index (χ2n) is 8.36. The smallest absolute Gasteiger partial charge is 0.359 e. The normalized spacial score (nSPS) is 13.1. The van der Waals surface area contributed by atoms with Gasteiger partial charge in [-0.2, -0.15) is 5.10 Å². The van der Waals surface area contributed by atoms with Crippen molar-refractivity contribution in [3.05, 3.63) is 76.6 Å². The minimum Gasteiger partial charge on any atom is -0.497 e. The van der Waals surface area contributed by atoms with Crippen LogP contribution < -0.4 is 4.74 Å². The Balaban J connectivity index is 1.66. The third-order valence-electron chi connectivity index (χ3n) is 5.95. The van der Waals surface area contributed by atoms with E-state index in [1.165, 1.54) is 5.56 Å². The van der Waals surface area contributed by atoms with Crippen molar-refractivity contribution in [1.29, 1.82) is 0 Å². The molecule has 2 aromatic carbocycles. The molecule has 7 heteroatoms. The minimum atomic E-state index is -0.475. The van der Waals surface area contributed by atoms with Crippen molar-refractivity contribution < 1.29 is 19.1 Å². The lowest BCUT2D eigenvalue weighted by molar-refractivity contribution is 0.0513. The van der Waals surface area contributed by atoms with E-state index in [9.17, 15) is 9.59 Å². The number of hydrogen-bond acceptors (Lipinski definition) is 5. The summed E-state index contributed by atoms with van der Waals surface area (Å²) in [7, 11) is 1.62. The first-order chi connectivity index (χ1) is 15.9. The number of methoxy groups -OCH3 is 1. The van der Waals surface area contributed by atoms with Gasteiger partial charge in [0.15, 0.2) is 5.69 Å². The molecule has 1 aromatic heterocycles. The summed E-state index contributed by atoms with van der Waals surface area (Å²) >= 11 is 0. The number of benzene rings is 2. The molecule has 0 fully saturated rings. The van der Waals surface area contributed by atoms with E-state index in [0.29, 0.717) is 31.0 Å². The summed E-state index contributed by atoms with van der Waals surface area (Å²) in [6, 6.07) is 15.3. The van der Waals surface area contributed by atoms with E-state index in [1.807, 2.05) is 48.5 Å². The number of carbonyl (C=O) groups excluding carboxylic acids is 2. The van der Waals surface area contributed by atoms with Crippen LogP contribution in [0.5, 0.6) is 5.75 Å². The molecule has 0 radical (unpaired) electrons. The lowest BCUT2D eigenvalue weighted by atomic mass is 10.0. The highest BCUT2D eigenvalue weighted by molar-refractivity contribution is 5.95. The van der Waals surface area contributed by atoms with Gasteiger partial charge in [0, 0.05) is 24.1 Å². The van der Waals surface area contributed by atoms with Gasteiger partial charge in [-0.1, -0.05) is 26.0 Å². The lowest BCUT2D eigenvalue weighted by Crippen LogP contribution is -2.36. The Hall–Kier alpha value is -3.61. The molecule has 0 spiro atoms. The first-order valence-electron chi connectivity index (χ1n) is 11.2. The zero-order valence-corrected chi connectivity index (χ0v) is 19.5. The van der Waals surface area contributed by atoms with Gasteiger partial charge >= 0.3 is 5.97 Å². The largest absolute Gasteiger partial charge is 0.497 e. The maximum atomic E-state index is 13.2. The summed E-state index contributed by atoms with van der Waals surface area (Å²) in [5.41, 5.74) is 4.58. The Labute approximate surface area is 193 Å². The molecule has 33 heavy (non-hydrogen) atoms. The summed E-state index contributed by atoms with van der Waals surface area (Å²) < 4.78 is 12.3. The van der Waals surface area contributed by atoms with Crippen LogP contribution in [-0.4, -0.2) is 46.8 Å². The topological polar surface area (TPSA) is 73.7 Å². The molecule has 4 rings (SSSR count). The quantitative estimate of drug-likeness (QED) is 0.525. The maximum absolute atomic E-state index is 13.2. The number of hydrogen-bond donors (Lipinski definition) is 0. The summed E-state index contributed by atoms with van der Waals surface area (Å²) in [6.45, 7) is 7.13. The number of fused-ring (bicyclic) bond motifs is 1. The fraction of sp³-hybridized carbons (Fsp3) is 0.346. The van der Waals surface area contributed by atoms with Crippen LogP contribution in [0.15, 0.2) is 48.5 Å². The standard InChI is InChI=1S/C26H29N3O4/c1-5-33-26(31)24-22-16-28(25(30)19-8-6-18(7-9-19)17(2)3)15-14-23(22)29(27-24)20-10-12-21(32-4)13-11-20/h6-13,17H,5,14-16H2,1-4H3. The summed E-state index contributed by atoms with van der Waals surface area (Å²) in [6.07, 6.45) is 0.587. The van der Waals surface area contributed by atoms with Crippen LogP contribution in [0.2, 0.25) is 0 Å². The van der Waals surface area contributed by atoms with Gasteiger partial charge in [-0.25, -0.2) is 9.48 Å². The fourth-order valence-corrected chi connectivity index (χ4v) is 4.09. The Kier molecular flexibility index (Phi) is 6.49. The van der Waals surface area contributed by atoms with E-state index in [0.717, 1.165) is 22.7 Å². The third kappa shape index (κ3) is 4.49. The number of aromatic nitrogens is 2. The van der Waals surface area contributed by atoms with E-state index in [2.05, 4.69) is 18.9 Å². The van der Waals surface area contributed by atoms with E-state index in [1.54, 1.807) is 23.6 Å². The molecule has 0 N–H and O–H groups in total. The molecule has 1 aliphatic heterocycles. The van der Waals surface area contributed by atoms with Gasteiger partial charge in [-0.15, -0.1) is 0 Å². The monoisotopic (exact) mass is 447 g/mol. The molecule has 7 nitrogen and oxygen atoms in total. The predicted octanol–water partition coefficient (Wildman–Crippen LogP) is 4.38.